The maximum Gasteiger partial charge on any atom is 0.329 e. The van der Waals surface area contributed by atoms with Crippen molar-refractivity contribution < 1.29 is 18.9 Å². The standard InChI is InChI=1S/C15H20FN3O2/c1-3-4-13-14(20)19(15(21)17-13)10-18(2)9-11-5-7-12(16)8-6-11/h5-8,13H,3-4,9-10H2,1-2H3,(H,17,21)/p+1/t13-/m0/s1. The van der Waals surface area contributed by atoms with Crippen LogP contribution in [0.4, 0.5) is 9.18 Å². The lowest BCUT2D eigenvalue weighted by atomic mass is 10.2. The number of rotatable bonds is 6. The fraction of sp³-hybridized carbons (Fsp3) is 0.467. The quantitative estimate of drug-likeness (QED) is 0.752. The third kappa shape index (κ3) is 3.78. The van der Waals surface area contributed by atoms with Gasteiger partial charge in [-0.2, -0.15) is 0 Å². The second-order valence-electron chi connectivity index (χ2n) is 5.48. The molecule has 1 unspecified atom stereocenters. The molecule has 1 saturated heterocycles. The van der Waals surface area contributed by atoms with Gasteiger partial charge in [0, 0.05) is 5.56 Å². The molecule has 1 aliphatic rings. The summed E-state index contributed by atoms with van der Waals surface area (Å²) in [6.45, 7) is 2.91. The van der Waals surface area contributed by atoms with Crippen LogP contribution >= 0.6 is 0 Å². The van der Waals surface area contributed by atoms with Gasteiger partial charge in [-0.05, 0) is 18.6 Å². The summed E-state index contributed by atoms with van der Waals surface area (Å²) in [5.74, 6) is -0.423. The van der Waals surface area contributed by atoms with Crippen LogP contribution in [-0.2, 0) is 11.3 Å². The molecular weight excluding hydrogens is 273 g/mol. The van der Waals surface area contributed by atoms with Gasteiger partial charge in [0.1, 0.15) is 18.4 Å². The maximum atomic E-state index is 12.9. The second kappa shape index (κ2) is 6.67. The van der Waals surface area contributed by atoms with E-state index in [4.69, 9.17) is 0 Å². The third-order valence-electron chi connectivity index (χ3n) is 3.53. The van der Waals surface area contributed by atoms with Crippen LogP contribution in [0.3, 0.4) is 0 Å². The molecule has 0 saturated carbocycles. The first-order valence-corrected chi connectivity index (χ1v) is 7.19. The summed E-state index contributed by atoms with van der Waals surface area (Å²) >= 11 is 0. The summed E-state index contributed by atoms with van der Waals surface area (Å²) in [6.07, 6.45) is 1.51. The Kier molecular flexibility index (Phi) is 4.90. The molecule has 6 heteroatoms. The van der Waals surface area contributed by atoms with Crippen LogP contribution in [0, 0.1) is 5.82 Å². The summed E-state index contributed by atoms with van der Waals surface area (Å²) in [5, 5.41) is 2.71. The van der Waals surface area contributed by atoms with Gasteiger partial charge in [0.25, 0.3) is 5.91 Å². The smallest absolute Gasteiger partial charge is 0.326 e. The zero-order chi connectivity index (χ0) is 15.4. The number of nitrogens with one attached hydrogen (secondary N) is 2. The van der Waals surface area contributed by atoms with Gasteiger partial charge in [-0.3, -0.25) is 4.79 Å². The van der Waals surface area contributed by atoms with Crippen molar-refractivity contribution in [1.29, 1.82) is 0 Å². The maximum absolute atomic E-state index is 12.9. The molecule has 2 atom stereocenters. The summed E-state index contributed by atoms with van der Waals surface area (Å²) in [4.78, 5) is 26.2. The summed E-state index contributed by atoms with van der Waals surface area (Å²) in [7, 11) is 1.90. The molecule has 0 bridgehead atoms. The number of imide groups is 1. The average Bonchev–Trinajstić information content (AvgIpc) is 2.70. The van der Waals surface area contributed by atoms with E-state index >= 15 is 0 Å². The number of carbonyl (C=O) groups is 2. The molecule has 0 spiro atoms. The van der Waals surface area contributed by atoms with Crippen molar-refractivity contribution in [2.75, 3.05) is 13.7 Å². The van der Waals surface area contributed by atoms with Crippen LogP contribution in [-0.4, -0.2) is 36.6 Å². The molecule has 3 amide bonds. The first kappa shape index (κ1) is 15.4. The first-order valence-electron chi connectivity index (χ1n) is 7.19. The molecule has 0 aromatic heterocycles. The Morgan fingerprint density at radius 1 is 1.29 bits per heavy atom. The monoisotopic (exact) mass is 294 g/mol. The molecule has 1 heterocycles. The number of amides is 3. The Bertz CT molecular complexity index is 518. The van der Waals surface area contributed by atoms with Crippen molar-refractivity contribution in [3.63, 3.8) is 0 Å². The van der Waals surface area contributed by atoms with Crippen LogP contribution in [0.1, 0.15) is 25.3 Å². The van der Waals surface area contributed by atoms with Gasteiger partial charge in [-0.1, -0.05) is 25.5 Å². The summed E-state index contributed by atoms with van der Waals surface area (Å²) < 4.78 is 12.9. The van der Waals surface area contributed by atoms with Gasteiger partial charge in [0.05, 0.1) is 7.05 Å². The van der Waals surface area contributed by atoms with E-state index in [1.54, 1.807) is 12.1 Å². The normalized spacial score (nSPS) is 19.8. The molecule has 1 aromatic rings. The highest BCUT2D eigenvalue weighted by atomic mass is 19.1. The molecule has 2 N–H and O–H groups in total. The highest BCUT2D eigenvalue weighted by Crippen LogP contribution is 2.09. The van der Waals surface area contributed by atoms with Crippen LogP contribution in [0.5, 0.6) is 0 Å². The average molecular weight is 294 g/mol. The van der Waals surface area contributed by atoms with Crippen molar-refractivity contribution in [1.82, 2.24) is 10.2 Å². The first-order chi connectivity index (χ1) is 10.0. The fourth-order valence-corrected chi connectivity index (χ4v) is 2.49. The third-order valence-corrected chi connectivity index (χ3v) is 3.53. The molecule has 1 aliphatic heterocycles. The summed E-state index contributed by atoms with van der Waals surface area (Å²) in [6, 6.07) is 5.54. The SMILES string of the molecule is CCC[C@@H]1NC(=O)N(C[NH+](C)Cc2ccc(F)cc2)C1=O. The van der Waals surface area contributed by atoms with E-state index in [0.717, 1.165) is 16.9 Å². The van der Waals surface area contributed by atoms with Crippen LogP contribution < -0.4 is 10.2 Å². The van der Waals surface area contributed by atoms with Crippen LogP contribution in [0.25, 0.3) is 0 Å². The van der Waals surface area contributed by atoms with Crippen LogP contribution in [0.2, 0.25) is 0 Å². The number of benzene rings is 1. The van der Waals surface area contributed by atoms with Gasteiger partial charge in [-0.15, -0.1) is 0 Å². The Balaban J connectivity index is 1.93. The predicted octanol–water partition coefficient (Wildman–Crippen LogP) is 0.518. The Morgan fingerprint density at radius 3 is 2.57 bits per heavy atom. The van der Waals surface area contributed by atoms with Crippen molar-refractivity contribution in [2.45, 2.75) is 32.4 Å². The highest BCUT2D eigenvalue weighted by molar-refractivity contribution is 6.03. The minimum absolute atomic E-state index is 0.152. The van der Waals surface area contributed by atoms with E-state index in [1.807, 2.05) is 14.0 Å². The van der Waals surface area contributed by atoms with E-state index in [-0.39, 0.29) is 23.8 Å². The number of carbonyl (C=O) groups excluding carboxylic acids is 2. The molecule has 2 rings (SSSR count). The Morgan fingerprint density at radius 2 is 1.95 bits per heavy atom. The molecule has 0 radical (unpaired) electrons. The van der Waals surface area contributed by atoms with Gasteiger partial charge in [-0.25, -0.2) is 14.1 Å². The van der Waals surface area contributed by atoms with Crippen molar-refractivity contribution in [2.24, 2.45) is 0 Å². The number of hydrogen-bond acceptors (Lipinski definition) is 2. The zero-order valence-electron chi connectivity index (χ0n) is 12.4. The van der Waals surface area contributed by atoms with Crippen LogP contribution in [0.15, 0.2) is 24.3 Å². The van der Waals surface area contributed by atoms with Gasteiger partial charge in [0.2, 0.25) is 0 Å². The lowest BCUT2D eigenvalue weighted by molar-refractivity contribution is -0.901. The number of urea groups is 1. The molecular formula is C15H21FN3O2+. The van der Waals surface area contributed by atoms with Gasteiger partial charge < -0.3 is 10.2 Å². The van der Waals surface area contributed by atoms with Crippen molar-refractivity contribution >= 4 is 11.9 Å². The highest BCUT2D eigenvalue weighted by Gasteiger charge is 2.38. The molecule has 5 nitrogen and oxygen atoms in total. The lowest BCUT2D eigenvalue weighted by Crippen LogP contribution is -3.09. The number of hydrogen-bond donors (Lipinski definition) is 2. The topological polar surface area (TPSA) is 53.9 Å². The Hall–Kier alpha value is -1.95. The minimum atomic E-state index is -0.388. The molecule has 1 aromatic carbocycles. The van der Waals surface area contributed by atoms with Crippen molar-refractivity contribution in [3.05, 3.63) is 35.6 Å². The molecule has 114 valence electrons. The van der Waals surface area contributed by atoms with E-state index in [1.165, 1.54) is 17.0 Å². The Labute approximate surface area is 123 Å². The van der Waals surface area contributed by atoms with Crippen molar-refractivity contribution in [3.8, 4) is 0 Å². The number of halogens is 1. The minimum Gasteiger partial charge on any atom is -0.326 e. The second-order valence-corrected chi connectivity index (χ2v) is 5.48. The predicted molar refractivity (Wildman–Crippen MR) is 75.9 cm³/mol. The van der Waals surface area contributed by atoms with E-state index in [9.17, 15) is 14.0 Å². The van der Waals surface area contributed by atoms with E-state index in [2.05, 4.69) is 5.32 Å². The van der Waals surface area contributed by atoms with E-state index < -0.39 is 0 Å². The molecule has 1 fully saturated rings. The number of quaternary nitrogens is 1. The van der Waals surface area contributed by atoms with E-state index in [0.29, 0.717) is 19.6 Å². The number of nitrogens with zero attached hydrogens (tertiary/aromatic N) is 1. The summed E-state index contributed by atoms with van der Waals surface area (Å²) in [5.41, 5.74) is 0.964. The lowest BCUT2D eigenvalue weighted by Gasteiger charge is -2.19. The zero-order valence-corrected chi connectivity index (χ0v) is 12.4. The van der Waals surface area contributed by atoms with Gasteiger partial charge in [0.15, 0.2) is 6.67 Å². The molecule has 0 aliphatic carbocycles. The fourth-order valence-electron chi connectivity index (χ4n) is 2.49. The van der Waals surface area contributed by atoms with Gasteiger partial charge >= 0.3 is 6.03 Å². The molecule has 21 heavy (non-hydrogen) atoms. The largest absolute Gasteiger partial charge is 0.329 e.